The lowest BCUT2D eigenvalue weighted by molar-refractivity contribution is -0.140. The summed E-state index contributed by atoms with van der Waals surface area (Å²) in [5, 5.41) is 2.65. The maximum atomic E-state index is 12.9. The Morgan fingerprint density at radius 1 is 0.943 bits per heavy atom. The van der Waals surface area contributed by atoms with Crippen LogP contribution >= 0.6 is 0 Å². The number of ether oxygens (including phenoxy) is 1. The molecule has 0 radical (unpaired) electrons. The van der Waals surface area contributed by atoms with E-state index in [0.29, 0.717) is 16.8 Å². The molecule has 0 bridgehead atoms. The van der Waals surface area contributed by atoms with Gasteiger partial charge in [0.2, 0.25) is 0 Å². The zero-order valence-corrected chi connectivity index (χ0v) is 19.6. The number of anilines is 1. The molecule has 8 heteroatoms. The van der Waals surface area contributed by atoms with Crippen LogP contribution in [0.2, 0.25) is 0 Å². The summed E-state index contributed by atoms with van der Waals surface area (Å²) in [6.07, 6.45) is 0. The maximum absolute atomic E-state index is 12.9. The second-order valence-corrected chi connectivity index (χ2v) is 8.51. The Bertz CT molecular complexity index is 1270. The molecule has 3 aromatic carbocycles. The van der Waals surface area contributed by atoms with Gasteiger partial charge in [-0.05, 0) is 55.8 Å². The van der Waals surface area contributed by atoms with Gasteiger partial charge in [0.15, 0.2) is 0 Å². The summed E-state index contributed by atoms with van der Waals surface area (Å²) in [5.41, 5.74) is 1.60. The first-order valence-corrected chi connectivity index (χ1v) is 11.0. The number of carbonyl (C=O) groups is 4. The van der Waals surface area contributed by atoms with Crippen LogP contribution in [0.15, 0.2) is 78.9 Å². The molecule has 8 nitrogen and oxygen atoms in total. The third-order valence-electron chi connectivity index (χ3n) is 5.97. The van der Waals surface area contributed by atoms with Gasteiger partial charge in [0.25, 0.3) is 11.8 Å². The topological polar surface area (TPSA) is 96.0 Å². The summed E-state index contributed by atoms with van der Waals surface area (Å²) < 4.78 is 5.32. The van der Waals surface area contributed by atoms with Gasteiger partial charge in [-0.2, -0.15) is 0 Å². The van der Waals surface area contributed by atoms with Crippen molar-refractivity contribution in [2.45, 2.75) is 19.4 Å². The summed E-state index contributed by atoms with van der Waals surface area (Å²) >= 11 is 0. The quantitative estimate of drug-likeness (QED) is 0.336. The summed E-state index contributed by atoms with van der Waals surface area (Å²) in [4.78, 5) is 52.9. The number of esters is 1. The number of hydrogen-bond acceptors (Lipinski definition) is 5. The van der Waals surface area contributed by atoms with Gasteiger partial charge in [-0.15, -0.1) is 0 Å². The third-order valence-corrected chi connectivity index (χ3v) is 5.97. The van der Waals surface area contributed by atoms with E-state index in [0.717, 1.165) is 10.5 Å². The minimum absolute atomic E-state index is 0.172. The number of benzene rings is 3. The molecule has 0 aliphatic carbocycles. The molecule has 1 aliphatic rings. The predicted octanol–water partition coefficient (Wildman–Crippen LogP) is 3.64. The summed E-state index contributed by atoms with van der Waals surface area (Å²) in [5.74, 6) is -1.23. The van der Waals surface area contributed by atoms with E-state index in [1.54, 1.807) is 74.6 Å². The fraction of sp³-hybridized carbons (Fsp3) is 0.185. The van der Waals surface area contributed by atoms with Gasteiger partial charge in [-0.25, -0.2) is 9.59 Å². The molecule has 1 fully saturated rings. The molecule has 1 heterocycles. The van der Waals surface area contributed by atoms with E-state index in [4.69, 9.17) is 4.74 Å². The normalized spacial score (nSPS) is 17.2. The van der Waals surface area contributed by atoms with Crippen molar-refractivity contribution in [2.24, 2.45) is 0 Å². The lowest BCUT2D eigenvalue weighted by Crippen LogP contribution is -2.41. The molecule has 3 aromatic rings. The molecule has 1 N–H and O–H groups in total. The first-order valence-electron chi connectivity index (χ1n) is 11.0. The lowest BCUT2D eigenvalue weighted by atomic mass is 9.92. The van der Waals surface area contributed by atoms with E-state index >= 15 is 0 Å². The fourth-order valence-electron chi connectivity index (χ4n) is 3.85. The van der Waals surface area contributed by atoms with Gasteiger partial charge >= 0.3 is 12.0 Å². The third kappa shape index (κ3) is 4.77. The Morgan fingerprint density at radius 2 is 1.57 bits per heavy atom. The predicted molar refractivity (Wildman–Crippen MR) is 130 cm³/mol. The van der Waals surface area contributed by atoms with Crippen molar-refractivity contribution in [2.75, 3.05) is 18.5 Å². The zero-order valence-electron chi connectivity index (χ0n) is 19.6. The number of hydrogen-bond donors (Lipinski definition) is 1. The van der Waals surface area contributed by atoms with Crippen LogP contribution in [0.4, 0.5) is 10.5 Å². The van der Waals surface area contributed by atoms with Crippen LogP contribution in [0.25, 0.3) is 0 Å². The van der Waals surface area contributed by atoms with E-state index in [-0.39, 0.29) is 11.7 Å². The van der Waals surface area contributed by atoms with E-state index < -0.39 is 30.0 Å². The van der Waals surface area contributed by atoms with E-state index in [9.17, 15) is 19.2 Å². The highest BCUT2D eigenvalue weighted by atomic mass is 16.5. The van der Waals surface area contributed by atoms with Crippen LogP contribution in [0.1, 0.15) is 28.4 Å². The minimum atomic E-state index is -1.26. The smallest absolute Gasteiger partial charge is 0.331 e. The average Bonchev–Trinajstić information content (AvgIpc) is 3.08. The Hall–Kier alpha value is -4.46. The van der Waals surface area contributed by atoms with Crippen LogP contribution in [-0.2, 0) is 15.1 Å². The molecule has 1 aliphatic heterocycles. The molecule has 0 aromatic heterocycles. The summed E-state index contributed by atoms with van der Waals surface area (Å²) in [6.45, 7) is 3.02. The Morgan fingerprint density at radius 3 is 2.20 bits per heavy atom. The molecule has 4 amide bonds. The molecule has 0 spiro atoms. The SMILES string of the molecule is Cc1ccc(C(=O)N(C)c2ccc(OC(=O)CN3C(=O)NC(C)(c4ccccc4)C3=O)cc2)cc1. The van der Waals surface area contributed by atoms with Crippen molar-refractivity contribution in [1.82, 2.24) is 10.2 Å². The van der Waals surface area contributed by atoms with E-state index in [2.05, 4.69) is 5.32 Å². The molecular weight excluding hydrogens is 446 g/mol. The van der Waals surface area contributed by atoms with Crippen molar-refractivity contribution in [3.8, 4) is 5.75 Å². The van der Waals surface area contributed by atoms with Crippen molar-refractivity contribution in [3.05, 3.63) is 95.6 Å². The average molecular weight is 472 g/mol. The highest BCUT2D eigenvalue weighted by Crippen LogP contribution is 2.28. The second kappa shape index (κ2) is 9.42. The maximum Gasteiger partial charge on any atom is 0.331 e. The monoisotopic (exact) mass is 471 g/mol. The molecule has 178 valence electrons. The van der Waals surface area contributed by atoms with Gasteiger partial charge in [0.1, 0.15) is 17.8 Å². The van der Waals surface area contributed by atoms with Crippen LogP contribution in [0.5, 0.6) is 5.75 Å². The number of carbonyl (C=O) groups excluding carboxylic acids is 4. The first kappa shape index (κ1) is 23.7. The Labute approximate surface area is 203 Å². The van der Waals surface area contributed by atoms with E-state index in [1.165, 1.54) is 4.90 Å². The Kier molecular flexibility index (Phi) is 6.38. The molecule has 0 saturated carbocycles. The van der Waals surface area contributed by atoms with Gasteiger partial charge in [-0.1, -0.05) is 48.0 Å². The molecule has 4 rings (SSSR count). The van der Waals surface area contributed by atoms with Crippen LogP contribution in [0, 0.1) is 6.92 Å². The van der Waals surface area contributed by atoms with Gasteiger partial charge < -0.3 is 15.0 Å². The Balaban J connectivity index is 1.39. The van der Waals surface area contributed by atoms with Gasteiger partial charge in [0.05, 0.1) is 0 Å². The number of imide groups is 1. The highest BCUT2D eigenvalue weighted by Gasteiger charge is 2.49. The summed E-state index contributed by atoms with van der Waals surface area (Å²) in [6, 6.07) is 21.8. The van der Waals surface area contributed by atoms with Crippen LogP contribution < -0.4 is 15.0 Å². The molecule has 35 heavy (non-hydrogen) atoms. The number of aryl methyl sites for hydroxylation is 1. The second-order valence-electron chi connectivity index (χ2n) is 8.51. The number of amides is 4. The van der Waals surface area contributed by atoms with Gasteiger partial charge in [-0.3, -0.25) is 14.5 Å². The fourth-order valence-corrected chi connectivity index (χ4v) is 3.85. The molecule has 1 saturated heterocycles. The number of nitrogens with one attached hydrogen (secondary N) is 1. The van der Waals surface area contributed by atoms with Crippen LogP contribution in [0.3, 0.4) is 0 Å². The largest absolute Gasteiger partial charge is 0.425 e. The molecular formula is C27H25N3O5. The summed E-state index contributed by atoms with van der Waals surface area (Å²) in [7, 11) is 1.66. The van der Waals surface area contributed by atoms with Crippen LogP contribution in [-0.4, -0.2) is 42.3 Å². The number of rotatable bonds is 6. The molecule has 1 atom stereocenters. The standard InChI is InChI=1S/C27H25N3O5/c1-18-9-11-19(12-10-18)24(32)29(3)21-13-15-22(16-14-21)35-23(31)17-30-25(33)27(2,28-26(30)34)20-7-5-4-6-8-20/h4-16H,17H2,1-3H3,(H,28,34). The lowest BCUT2D eigenvalue weighted by Gasteiger charge is -2.22. The highest BCUT2D eigenvalue weighted by molar-refractivity contribution is 6.09. The van der Waals surface area contributed by atoms with Crippen molar-refractivity contribution in [3.63, 3.8) is 0 Å². The minimum Gasteiger partial charge on any atom is -0.425 e. The molecule has 1 unspecified atom stereocenters. The van der Waals surface area contributed by atoms with Crippen molar-refractivity contribution in [1.29, 1.82) is 0 Å². The van der Waals surface area contributed by atoms with E-state index in [1.807, 2.05) is 25.1 Å². The number of nitrogens with zero attached hydrogens (tertiary/aromatic N) is 2. The van der Waals surface area contributed by atoms with Crippen molar-refractivity contribution < 1.29 is 23.9 Å². The van der Waals surface area contributed by atoms with Gasteiger partial charge in [0, 0.05) is 18.3 Å². The van der Waals surface area contributed by atoms with Crippen molar-refractivity contribution >= 4 is 29.5 Å². The first-order chi connectivity index (χ1) is 16.7. The zero-order chi connectivity index (χ0) is 25.2. The number of urea groups is 1.